The summed E-state index contributed by atoms with van der Waals surface area (Å²) >= 11 is 7.54. The van der Waals surface area contributed by atoms with Crippen LogP contribution in [0.5, 0.6) is 0 Å². The summed E-state index contributed by atoms with van der Waals surface area (Å²) in [6.45, 7) is 2.36. The number of nitrogens with one attached hydrogen (secondary N) is 1. The highest BCUT2D eigenvalue weighted by Gasteiger charge is 2.14. The van der Waals surface area contributed by atoms with Gasteiger partial charge in [0, 0.05) is 28.9 Å². The molecule has 0 atom stereocenters. The smallest absolute Gasteiger partial charge is 0.226 e. The van der Waals surface area contributed by atoms with Crippen LogP contribution in [0.3, 0.4) is 0 Å². The Morgan fingerprint density at radius 3 is 3.04 bits per heavy atom. The lowest BCUT2D eigenvalue weighted by Crippen LogP contribution is -2.27. The van der Waals surface area contributed by atoms with Crippen molar-refractivity contribution in [1.29, 1.82) is 0 Å². The van der Waals surface area contributed by atoms with Crippen LogP contribution >= 0.6 is 22.9 Å². The van der Waals surface area contributed by atoms with E-state index in [1.54, 1.807) is 35.9 Å². The second kappa shape index (κ2) is 7.59. The van der Waals surface area contributed by atoms with E-state index in [1.165, 1.54) is 0 Å². The molecule has 0 fully saturated rings. The molecule has 2 aromatic heterocycles. The Morgan fingerprint density at radius 1 is 1.42 bits per heavy atom. The largest absolute Gasteiger partial charge is 0.441 e. The van der Waals surface area contributed by atoms with Crippen LogP contribution in [-0.4, -0.2) is 22.4 Å². The van der Waals surface area contributed by atoms with Gasteiger partial charge < -0.3 is 9.73 Å². The van der Waals surface area contributed by atoms with Crippen molar-refractivity contribution in [3.63, 3.8) is 0 Å². The highest BCUT2D eigenvalue weighted by atomic mass is 35.5. The van der Waals surface area contributed by atoms with Gasteiger partial charge in [0.25, 0.3) is 0 Å². The third-order valence-electron chi connectivity index (χ3n) is 3.48. The van der Waals surface area contributed by atoms with E-state index in [9.17, 15) is 4.79 Å². The number of nitrogens with zero attached hydrogens (tertiary/aromatic N) is 2. The summed E-state index contributed by atoms with van der Waals surface area (Å²) in [5.74, 6) is 1.03. The maximum Gasteiger partial charge on any atom is 0.226 e. The molecule has 2 heterocycles. The molecule has 0 spiro atoms. The second-order valence-electron chi connectivity index (χ2n) is 5.29. The predicted octanol–water partition coefficient (Wildman–Crippen LogP) is 3.66. The molecule has 3 aromatic rings. The number of amides is 1. The number of carbonyl (C=O) groups excluding carboxylic acids is 1. The zero-order chi connectivity index (χ0) is 16.9. The van der Waals surface area contributed by atoms with E-state index in [-0.39, 0.29) is 12.3 Å². The summed E-state index contributed by atoms with van der Waals surface area (Å²) in [6.07, 6.45) is 0.910. The maximum atomic E-state index is 12.1. The van der Waals surface area contributed by atoms with Gasteiger partial charge in [-0.2, -0.15) is 0 Å². The molecule has 0 saturated carbocycles. The van der Waals surface area contributed by atoms with Crippen molar-refractivity contribution in [2.24, 2.45) is 0 Å². The van der Waals surface area contributed by atoms with E-state index in [4.69, 9.17) is 16.0 Å². The molecular formula is C17H16ClN3O2S. The van der Waals surface area contributed by atoms with Crippen LogP contribution in [0, 0.1) is 6.92 Å². The number of carbonyl (C=O) groups is 1. The molecule has 24 heavy (non-hydrogen) atoms. The Kier molecular flexibility index (Phi) is 5.27. The standard InChI is InChI=1S/C17H16ClN3O2S/c1-11-15(8-16(22)19-6-5-14-9-24-10-20-14)21-17(23-11)12-3-2-4-13(18)7-12/h2-4,7,9-10H,5-6,8H2,1H3,(H,19,22). The summed E-state index contributed by atoms with van der Waals surface area (Å²) in [5, 5.41) is 5.47. The molecule has 0 aliphatic rings. The molecule has 1 aromatic carbocycles. The average molecular weight is 362 g/mol. The van der Waals surface area contributed by atoms with Gasteiger partial charge in [-0.1, -0.05) is 17.7 Å². The molecule has 1 amide bonds. The van der Waals surface area contributed by atoms with Crippen LogP contribution in [0.15, 0.2) is 39.6 Å². The Hall–Kier alpha value is -2.18. The van der Waals surface area contributed by atoms with Gasteiger partial charge in [0.05, 0.1) is 23.3 Å². The first-order chi connectivity index (χ1) is 11.6. The van der Waals surface area contributed by atoms with Crippen molar-refractivity contribution in [1.82, 2.24) is 15.3 Å². The molecule has 0 bridgehead atoms. The Balaban J connectivity index is 1.59. The first kappa shape index (κ1) is 16.7. The number of halogens is 1. The highest BCUT2D eigenvalue weighted by Crippen LogP contribution is 2.24. The van der Waals surface area contributed by atoms with Gasteiger partial charge in [0.1, 0.15) is 5.76 Å². The summed E-state index contributed by atoms with van der Waals surface area (Å²) in [6, 6.07) is 7.28. The van der Waals surface area contributed by atoms with E-state index in [2.05, 4.69) is 15.3 Å². The van der Waals surface area contributed by atoms with E-state index >= 15 is 0 Å². The molecule has 124 valence electrons. The zero-order valence-corrected chi connectivity index (χ0v) is 14.7. The third kappa shape index (κ3) is 4.21. The number of hydrogen-bond acceptors (Lipinski definition) is 5. The third-order valence-corrected chi connectivity index (χ3v) is 4.35. The number of benzene rings is 1. The lowest BCUT2D eigenvalue weighted by molar-refractivity contribution is -0.120. The van der Waals surface area contributed by atoms with Gasteiger partial charge in [0.2, 0.25) is 11.8 Å². The molecule has 0 aliphatic carbocycles. The summed E-state index contributed by atoms with van der Waals surface area (Å²) in [7, 11) is 0. The minimum absolute atomic E-state index is 0.0840. The van der Waals surface area contributed by atoms with E-state index in [0.717, 1.165) is 17.7 Å². The fraction of sp³-hybridized carbons (Fsp3) is 0.235. The minimum Gasteiger partial charge on any atom is -0.441 e. The molecule has 0 radical (unpaired) electrons. The van der Waals surface area contributed by atoms with Gasteiger partial charge in [0.15, 0.2) is 0 Å². The van der Waals surface area contributed by atoms with Crippen LogP contribution in [-0.2, 0) is 17.6 Å². The van der Waals surface area contributed by atoms with Gasteiger partial charge in [-0.25, -0.2) is 9.97 Å². The fourth-order valence-corrected chi connectivity index (χ4v) is 3.03. The first-order valence-electron chi connectivity index (χ1n) is 7.48. The first-order valence-corrected chi connectivity index (χ1v) is 8.80. The number of hydrogen-bond donors (Lipinski definition) is 1. The van der Waals surface area contributed by atoms with Crippen molar-refractivity contribution in [2.75, 3.05) is 6.54 Å². The zero-order valence-electron chi connectivity index (χ0n) is 13.1. The number of aromatic nitrogens is 2. The quantitative estimate of drug-likeness (QED) is 0.727. The van der Waals surface area contributed by atoms with Crippen LogP contribution in [0.2, 0.25) is 5.02 Å². The normalized spacial score (nSPS) is 10.8. The lowest BCUT2D eigenvalue weighted by Gasteiger charge is -2.02. The topological polar surface area (TPSA) is 68.0 Å². The number of aryl methyl sites for hydroxylation is 1. The molecule has 0 aliphatic heterocycles. The molecule has 5 nitrogen and oxygen atoms in total. The minimum atomic E-state index is -0.0840. The SMILES string of the molecule is Cc1oc(-c2cccc(Cl)c2)nc1CC(=O)NCCc1cscn1. The van der Waals surface area contributed by atoms with Gasteiger partial charge in [-0.15, -0.1) is 11.3 Å². The molecule has 3 rings (SSSR count). The summed E-state index contributed by atoms with van der Waals surface area (Å²) in [4.78, 5) is 20.7. The number of rotatable bonds is 6. The predicted molar refractivity (Wildman–Crippen MR) is 94.2 cm³/mol. The summed E-state index contributed by atoms with van der Waals surface area (Å²) in [5.41, 5.74) is 4.20. The Labute approximate surface area is 148 Å². The van der Waals surface area contributed by atoms with Crippen molar-refractivity contribution in [2.45, 2.75) is 19.8 Å². The van der Waals surface area contributed by atoms with E-state index in [0.29, 0.717) is 28.9 Å². The molecule has 7 heteroatoms. The van der Waals surface area contributed by atoms with E-state index in [1.807, 2.05) is 17.5 Å². The number of thiazole rings is 1. The van der Waals surface area contributed by atoms with Crippen molar-refractivity contribution in [3.05, 3.63) is 57.3 Å². The molecule has 0 saturated heterocycles. The average Bonchev–Trinajstić information content (AvgIpc) is 3.18. The maximum absolute atomic E-state index is 12.1. The fourth-order valence-electron chi connectivity index (χ4n) is 2.24. The Bertz CT molecular complexity index is 830. The van der Waals surface area contributed by atoms with Crippen LogP contribution in [0.4, 0.5) is 0 Å². The van der Waals surface area contributed by atoms with Crippen LogP contribution < -0.4 is 5.32 Å². The van der Waals surface area contributed by atoms with E-state index < -0.39 is 0 Å². The van der Waals surface area contributed by atoms with Crippen LogP contribution in [0.1, 0.15) is 17.1 Å². The molecule has 0 unspecified atom stereocenters. The van der Waals surface area contributed by atoms with Crippen molar-refractivity contribution >= 4 is 28.8 Å². The molecular weight excluding hydrogens is 346 g/mol. The lowest BCUT2D eigenvalue weighted by atomic mass is 10.2. The Morgan fingerprint density at radius 2 is 2.29 bits per heavy atom. The van der Waals surface area contributed by atoms with Crippen molar-refractivity contribution in [3.8, 4) is 11.5 Å². The summed E-state index contributed by atoms with van der Waals surface area (Å²) < 4.78 is 5.66. The van der Waals surface area contributed by atoms with Crippen LogP contribution in [0.25, 0.3) is 11.5 Å². The van der Waals surface area contributed by atoms with Gasteiger partial charge in [-0.3, -0.25) is 4.79 Å². The second-order valence-corrected chi connectivity index (χ2v) is 6.44. The van der Waals surface area contributed by atoms with Gasteiger partial charge in [-0.05, 0) is 25.1 Å². The molecule has 1 N–H and O–H groups in total. The highest BCUT2D eigenvalue weighted by molar-refractivity contribution is 7.07. The number of oxazole rings is 1. The van der Waals surface area contributed by atoms with Gasteiger partial charge >= 0.3 is 0 Å². The van der Waals surface area contributed by atoms with Crippen molar-refractivity contribution < 1.29 is 9.21 Å². The monoisotopic (exact) mass is 361 g/mol.